The number of ether oxygens (including phenoxy) is 2. The highest BCUT2D eigenvalue weighted by molar-refractivity contribution is 9.10. The fraction of sp³-hybridized carbons (Fsp3) is 0.364. The first-order valence-electron chi connectivity index (χ1n) is 4.88. The third-order valence-electron chi connectivity index (χ3n) is 1.86. The second kappa shape index (κ2) is 7.24. The van der Waals surface area contributed by atoms with Gasteiger partial charge >= 0.3 is 5.97 Å². The van der Waals surface area contributed by atoms with Gasteiger partial charge in [-0.05, 0) is 24.3 Å². The fourth-order valence-corrected chi connectivity index (χ4v) is 1.30. The molecule has 0 heterocycles. The Hall–Kier alpha value is -1.07. The highest BCUT2D eigenvalue weighted by atomic mass is 79.9. The molecule has 4 nitrogen and oxygen atoms in total. The summed E-state index contributed by atoms with van der Waals surface area (Å²) >= 11 is 3.34. The number of carbonyl (C=O) groups excluding carboxylic acids is 1. The molecule has 0 amide bonds. The summed E-state index contributed by atoms with van der Waals surface area (Å²) in [4.78, 5) is 10.8. The maximum absolute atomic E-state index is 10.8. The van der Waals surface area contributed by atoms with Gasteiger partial charge in [0.25, 0.3) is 0 Å². The summed E-state index contributed by atoms with van der Waals surface area (Å²) in [5, 5.41) is 2.91. The minimum Gasteiger partial charge on any atom is -0.492 e. The summed E-state index contributed by atoms with van der Waals surface area (Å²) in [6.07, 6.45) is 0. The molecule has 5 heteroatoms. The SMILES string of the molecule is COC(=O)CNCCOc1ccc(Br)cc1. The molecule has 0 spiro atoms. The van der Waals surface area contributed by atoms with Gasteiger partial charge in [0.15, 0.2) is 0 Å². The first-order valence-corrected chi connectivity index (χ1v) is 5.67. The van der Waals surface area contributed by atoms with E-state index in [0.717, 1.165) is 10.2 Å². The van der Waals surface area contributed by atoms with Crippen molar-refractivity contribution in [3.8, 4) is 5.75 Å². The van der Waals surface area contributed by atoms with Gasteiger partial charge < -0.3 is 14.8 Å². The van der Waals surface area contributed by atoms with Crippen LogP contribution in [0.3, 0.4) is 0 Å². The average Bonchev–Trinajstić information content (AvgIpc) is 2.31. The van der Waals surface area contributed by atoms with E-state index in [4.69, 9.17) is 4.74 Å². The van der Waals surface area contributed by atoms with Crippen molar-refractivity contribution in [2.45, 2.75) is 0 Å². The van der Waals surface area contributed by atoms with Crippen molar-refractivity contribution in [3.63, 3.8) is 0 Å². The van der Waals surface area contributed by atoms with Crippen molar-refractivity contribution < 1.29 is 14.3 Å². The van der Waals surface area contributed by atoms with E-state index >= 15 is 0 Å². The third kappa shape index (κ3) is 5.14. The largest absolute Gasteiger partial charge is 0.492 e. The summed E-state index contributed by atoms with van der Waals surface area (Å²) < 4.78 is 10.9. The number of carbonyl (C=O) groups is 1. The molecule has 0 aromatic heterocycles. The van der Waals surface area contributed by atoms with Crippen LogP contribution < -0.4 is 10.1 Å². The first-order chi connectivity index (χ1) is 7.72. The topological polar surface area (TPSA) is 47.6 Å². The molecule has 1 N–H and O–H groups in total. The van der Waals surface area contributed by atoms with Crippen molar-refractivity contribution >= 4 is 21.9 Å². The normalized spacial score (nSPS) is 9.88. The minimum atomic E-state index is -0.274. The molecule has 1 rings (SSSR count). The number of esters is 1. The molecule has 1 aromatic rings. The van der Waals surface area contributed by atoms with Gasteiger partial charge in [-0.1, -0.05) is 15.9 Å². The molecule has 0 atom stereocenters. The zero-order chi connectivity index (χ0) is 11.8. The van der Waals surface area contributed by atoms with E-state index in [1.807, 2.05) is 24.3 Å². The summed E-state index contributed by atoms with van der Waals surface area (Å²) in [7, 11) is 1.36. The standard InChI is InChI=1S/C11H14BrNO3/c1-15-11(14)8-13-6-7-16-10-4-2-9(12)3-5-10/h2-5,13H,6-8H2,1H3. The lowest BCUT2D eigenvalue weighted by atomic mass is 10.3. The average molecular weight is 288 g/mol. The van der Waals surface area contributed by atoms with Crippen LogP contribution in [-0.4, -0.2) is 32.8 Å². The van der Waals surface area contributed by atoms with Crippen LogP contribution >= 0.6 is 15.9 Å². The molecule has 0 fully saturated rings. The van der Waals surface area contributed by atoms with E-state index < -0.39 is 0 Å². The van der Waals surface area contributed by atoms with Crippen LogP contribution in [0.25, 0.3) is 0 Å². The van der Waals surface area contributed by atoms with E-state index in [2.05, 4.69) is 26.0 Å². The van der Waals surface area contributed by atoms with E-state index in [1.165, 1.54) is 7.11 Å². The Kier molecular flexibility index (Phi) is 5.88. The monoisotopic (exact) mass is 287 g/mol. The molecule has 16 heavy (non-hydrogen) atoms. The number of halogens is 1. The predicted molar refractivity (Wildman–Crippen MR) is 64.5 cm³/mol. The maximum Gasteiger partial charge on any atom is 0.319 e. The Morgan fingerprint density at radius 2 is 2.06 bits per heavy atom. The smallest absolute Gasteiger partial charge is 0.319 e. The molecule has 0 aliphatic heterocycles. The second-order valence-electron chi connectivity index (χ2n) is 3.06. The van der Waals surface area contributed by atoms with E-state index in [0.29, 0.717) is 13.2 Å². The van der Waals surface area contributed by atoms with Crippen LogP contribution in [0.1, 0.15) is 0 Å². The Balaban J connectivity index is 2.11. The van der Waals surface area contributed by atoms with Crippen molar-refractivity contribution in [2.24, 2.45) is 0 Å². The summed E-state index contributed by atoms with van der Waals surface area (Å²) in [5.74, 6) is 0.534. The number of nitrogens with one attached hydrogen (secondary N) is 1. The summed E-state index contributed by atoms with van der Waals surface area (Å²) in [6.45, 7) is 1.32. The lowest BCUT2D eigenvalue weighted by Gasteiger charge is -2.06. The van der Waals surface area contributed by atoms with Gasteiger partial charge in [0.2, 0.25) is 0 Å². The molecule has 0 saturated heterocycles. The van der Waals surface area contributed by atoms with Crippen LogP contribution in [0.15, 0.2) is 28.7 Å². The van der Waals surface area contributed by atoms with Crippen molar-refractivity contribution in [3.05, 3.63) is 28.7 Å². The van der Waals surface area contributed by atoms with Gasteiger partial charge in [-0.2, -0.15) is 0 Å². The van der Waals surface area contributed by atoms with Crippen molar-refractivity contribution in [2.75, 3.05) is 26.8 Å². The maximum atomic E-state index is 10.8. The van der Waals surface area contributed by atoms with Gasteiger partial charge in [0.05, 0.1) is 13.7 Å². The molecule has 0 bridgehead atoms. The van der Waals surface area contributed by atoms with Crippen molar-refractivity contribution in [1.82, 2.24) is 5.32 Å². The third-order valence-corrected chi connectivity index (χ3v) is 2.39. The number of hydrogen-bond acceptors (Lipinski definition) is 4. The molecular weight excluding hydrogens is 274 g/mol. The number of methoxy groups -OCH3 is 1. The molecule has 0 radical (unpaired) electrons. The molecule has 0 unspecified atom stereocenters. The summed E-state index contributed by atoms with van der Waals surface area (Å²) in [6, 6.07) is 7.59. The van der Waals surface area contributed by atoms with Crippen molar-refractivity contribution in [1.29, 1.82) is 0 Å². The molecule has 88 valence electrons. The van der Waals surface area contributed by atoms with E-state index in [1.54, 1.807) is 0 Å². The van der Waals surface area contributed by atoms with Crippen LogP contribution in [0.2, 0.25) is 0 Å². The van der Waals surface area contributed by atoms with Gasteiger partial charge in [-0.25, -0.2) is 0 Å². The zero-order valence-corrected chi connectivity index (χ0v) is 10.6. The predicted octanol–water partition coefficient (Wildman–Crippen LogP) is 1.59. The van der Waals surface area contributed by atoms with Gasteiger partial charge in [0, 0.05) is 11.0 Å². The highest BCUT2D eigenvalue weighted by Gasteiger charge is 1.98. The number of rotatable bonds is 6. The Labute approximate surface area is 103 Å². The fourth-order valence-electron chi connectivity index (χ4n) is 1.03. The molecule has 0 aliphatic rings. The van der Waals surface area contributed by atoms with Crippen LogP contribution in [0, 0.1) is 0 Å². The lowest BCUT2D eigenvalue weighted by Crippen LogP contribution is -2.27. The van der Waals surface area contributed by atoms with E-state index in [-0.39, 0.29) is 12.5 Å². The molecule has 1 aromatic carbocycles. The Morgan fingerprint density at radius 3 is 2.69 bits per heavy atom. The van der Waals surface area contributed by atoms with Gasteiger partial charge in [-0.3, -0.25) is 4.79 Å². The second-order valence-corrected chi connectivity index (χ2v) is 3.97. The highest BCUT2D eigenvalue weighted by Crippen LogP contribution is 2.15. The molecule has 0 aliphatic carbocycles. The Morgan fingerprint density at radius 1 is 1.38 bits per heavy atom. The molecular formula is C11H14BrNO3. The first kappa shape index (κ1) is 13.0. The van der Waals surface area contributed by atoms with Crippen LogP contribution in [0.5, 0.6) is 5.75 Å². The van der Waals surface area contributed by atoms with E-state index in [9.17, 15) is 4.79 Å². The Bertz CT molecular complexity index is 327. The molecule has 0 saturated carbocycles. The summed E-state index contributed by atoms with van der Waals surface area (Å²) in [5.41, 5.74) is 0. The lowest BCUT2D eigenvalue weighted by molar-refractivity contribution is -0.139. The van der Waals surface area contributed by atoms with Gasteiger partial charge in [-0.15, -0.1) is 0 Å². The number of hydrogen-bond donors (Lipinski definition) is 1. The minimum absolute atomic E-state index is 0.209. The quantitative estimate of drug-likeness (QED) is 0.638. The number of benzene rings is 1. The van der Waals surface area contributed by atoms with Crippen LogP contribution in [0.4, 0.5) is 0 Å². The van der Waals surface area contributed by atoms with Crippen LogP contribution in [-0.2, 0) is 9.53 Å². The van der Waals surface area contributed by atoms with Gasteiger partial charge in [0.1, 0.15) is 12.4 Å². The zero-order valence-electron chi connectivity index (χ0n) is 9.03.